The van der Waals surface area contributed by atoms with Gasteiger partial charge in [-0.15, -0.1) is 0 Å². The highest BCUT2D eigenvalue weighted by Crippen LogP contribution is 2.33. The first kappa shape index (κ1) is 17.4. The average molecular weight is 345 g/mol. The van der Waals surface area contributed by atoms with Crippen LogP contribution in [0.3, 0.4) is 0 Å². The van der Waals surface area contributed by atoms with E-state index in [1.54, 1.807) is 7.11 Å². The largest absolute Gasteiger partial charge is 0.497 e. The van der Waals surface area contributed by atoms with Gasteiger partial charge in [0.05, 0.1) is 13.8 Å². The molecule has 0 N–H and O–H groups in total. The maximum absolute atomic E-state index is 12.4. The third kappa shape index (κ3) is 3.24. The first-order valence-corrected chi connectivity index (χ1v) is 8.62. The molecule has 4 amide bonds. The van der Waals surface area contributed by atoms with E-state index in [1.165, 1.54) is 0 Å². The summed E-state index contributed by atoms with van der Waals surface area (Å²) < 4.78 is 5.19. The summed E-state index contributed by atoms with van der Waals surface area (Å²) in [7, 11) is 1.63. The predicted octanol–water partition coefficient (Wildman–Crippen LogP) is 1.99. The highest BCUT2D eigenvalue weighted by atomic mass is 16.5. The van der Waals surface area contributed by atoms with Gasteiger partial charge in [0.25, 0.3) is 0 Å². The Morgan fingerprint density at radius 1 is 1.08 bits per heavy atom. The maximum atomic E-state index is 12.4. The number of amides is 4. The number of urea groups is 1. The van der Waals surface area contributed by atoms with Crippen molar-refractivity contribution in [3.63, 3.8) is 0 Å². The van der Waals surface area contributed by atoms with E-state index in [0.717, 1.165) is 40.5 Å². The second-order valence-electron chi connectivity index (χ2n) is 6.36. The number of carbonyl (C=O) groups is 3. The highest BCUT2D eigenvalue weighted by Gasteiger charge is 2.45. The van der Waals surface area contributed by atoms with Gasteiger partial charge >= 0.3 is 17.8 Å². The van der Waals surface area contributed by atoms with Crippen LogP contribution in [0.5, 0.6) is 5.75 Å². The Hall–Kier alpha value is -2.41. The van der Waals surface area contributed by atoms with Crippen LogP contribution in [0.4, 0.5) is 4.79 Å². The average Bonchev–Trinajstić information content (AvgIpc) is 3.17. The van der Waals surface area contributed by atoms with Gasteiger partial charge in [-0.1, -0.05) is 19.1 Å². The molecule has 1 aromatic carbocycles. The van der Waals surface area contributed by atoms with Crippen molar-refractivity contribution in [1.29, 1.82) is 0 Å². The van der Waals surface area contributed by atoms with Crippen LogP contribution in [-0.4, -0.2) is 59.4 Å². The number of imide groups is 2. The molecule has 2 heterocycles. The number of benzene rings is 1. The Kier molecular flexibility index (Phi) is 5.03. The Morgan fingerprint density at radius 3 is 2.40 bits per heavy atom. The van der Waals surface area contributed by atoms with Gasteiger partial charge in [-0.2, -0.15) is 0 Å². The van der Waals surface area contributed by atoms with Crippen molar-refractivity contribution in [2.75, 3.05) is 26.9 Å². The summed E-state index contributed by atoms with van der Waals surface area (Å²) in [6.45, 7) is 3.09. The molecule has 1 atom stereocenters. The molecule has 7 nitrogen and oxygen atoms in total. The number of rotatable bonds is 6. The standard InChI is InChI=1S/C18H23N3O4/c1-3-10-20-16(22)17(23)21(18(20)24)12-19-11-4-5-15(19)13-6-8-14(25-2)9-7-13/h6-9,15H,3-5,10-12H2,1-2H3/t15-/m1/s1. The molecule has 0 radical (unpaired) electrons. The zero-order valence-corrected chi connectivity index (χ0v) is 14.6. The van der Waals surface area contributed by atoms with Crippen molar-refractivity contribution in [2.24, 2.45) is 0 Å². The lowest BCUT2D eigenvalue weighted by Gasteiger charge is -2.28. The topological polar surface area (TPSA) is 70.2 Å². The fourth-order valence-corrected chi connectivity index (χ4v) is 3.48. The zero-order chi connectivity index (χ0) is 18.0. The van der Waals surface area contributed by atoms with Crippen molar-refractivity contribution in [3.05, 3.63) is 29.8 Å². The first-order valence-electron chi connectivity index (χ1n) is 8.62. The molecule has 7 heteroatoms. The van der Waals surface area contributed by atoms with Crippen LogP contribution in [0.1, 0.15) is 37.8 Å². The molecule has 0 unspecified atom stereocenters. The van der Waals surface area contributed by atoms with Crippen molar-refractivity contribution < 1.29 is 19.1 Å². The van der Waals surface area contributed by atoms with Gasteiger partial charge in [0.2, 0.25) is 0 Å². The number of ether oxygens (including phenoxy) is 1. The van der Waals surface area contributed by atoms with Crippen molar-refractivity contribution in [1.82, 2.24) is 14.7 Å². The molecule has 2 aliphatic heterocycles. The van der Waals surface area contributed by atoms with Gasteiger partial charge in [0, 0.05) is 19.1 Å². The fraction of sp³-hybridized carbons (Fsp3) is 0.500. The van der Waals surface area contributed by atoms with E-state index in [1.807, 2.05) is 31.2 Å². The molecule has 25 heavy (non-hydrogen) atoms. The van der Waals surface area contributed by atoms with Crippen molar-refractivity contribution in [2.45, 2.75) is 32.2 Å². The number of methoxy groups -OCH3 is 1. The molecule has 0 aliphatic carbocycles. The van der Waals surface area contributed by atoms with Gasteiger partial charge in [-0.25, -0.2) is 9.69 Å². The summed E-state index contributed by atoms with van der Waals surface area (Å²) in [6, 6.07) is 7.45. The van der Waals surface area contributed by atoms with Crippen LogP contribution in [0, 0.1) is 0 Å². The second-order valence-corrected chi connectivity index (χ2v) is 6.36. The Morgan fingerprint density at radius 2 is 1.76 bits per heavy atom. The molecule has 0 bridgehead atoms. The van der Waals surface area contributed by atoms with E-state index >= 15 is 0 Å². The summed E-state index contributed by atoms with van der Waals surface area (Å²) in [5.41, 5.74) is 1.12. The van der Waals surface area contributed by atoms with Crippen LogP contribution in [0.25, 0.3) is 0 Å². The Labute approximate surface area is 147 Å². The number of carbonyl (C=O) groups excluding carboxylic acids is 3. The van der Waals surface area contributed by atoms with E-state index in [4.69, 9.17) is 4.74 Å². The lowest BCUT2D eigenvalue weighted by atomic mass is 10.0. The first-order chi connectivity index (χ1) is 12.1. The number of nitrogens with zero attached hydrogens (tertiary/aromatic N) is 3. The number of hydrogen-bond donors (Lipinski definition) is 0. The monoisotopic (exact) mass is 345 g/mol. The zero-order valence-electron chi connectivity index (χ0n) is 14.6. The summed E-state index contributed by atoms with van der Waals surface area (Å²) in [5, 5.41) is 0. The van der Waals surface area contributed by atoms with Gasteiger partial charge in [0.15, 0.2) is 0 Å². The molecule has 2 saturated heterocycles. The minimum Gasteiger partial charge on any atom is -0.497 e. The summed E-state index contributed by atoms with van der Waals surface area (Å²) >= 11 is 0. The molecule has 0 aromatic heterocycles. The SMILES string of the molecule is CCCN1C(=O)C(=O)N(CN2CCC[C@@H]2c2ccc(OC)cc2)C1=O. The summed E-state index contributed by atoms with van der Waals surface area (Å²) in [6.07, 6.45) is 2.57. The normalized spacial score (nSPS) is 21.5. The highest BCUT2D eigenvalue weighted by molar-refractivity contribution is 6.44. The Bertz CT molecular complexity index is 673. The Balaban J connectivity index is 1.73. The van der Waals surface area contributed by atoms with Gasteiger partial charge in [-0.3, -0.25) is 19.4 Å². The molecule has 0 saturated carbocycles. The smallest absolute Gasteiger partial charge is 0.335 e. The molecule has 0 spiro atoms. The molecule has 3 rings (SSSR count). The lowest BCUT2D eigenvalue weighted by molar-refractivity contribution is -0.144. The quantitative estimate of drug-likeness (QED) is 0.582. The van der Waals surface area contributed by atoms with E-state index < -0.39 is 17.8 Å². The second kappa shape index (κ2) is 7.23. The fourth-order valence-electron chi connectivity index (χ4n) is 3.48. The number of hydrogen-bond acceptors (Lipinski definition) is 5. The van der Waals surface area contributed by atoms with Crippen LogP contribution in [0.15, 0.2) is 24.3 Å². The predicted molar refractivity (Wildman–Crippen MR) is 90.8 cm³/mol. The molecule has 2 aliphatic rings. The van der Waals surface area contributed by atoms with E-state index in [2.05, 4.69) is 4.90 Å². The van der Waals surface area contributed by atoms with Crippen molar-refractivity contribution in [3.8, 4) is 5.75 Å². The van der Waals surface area contributed by atoms with E-state index in [-0.39, 0.29) is 19.3 Å². The lowest BCUT2D eigenvalue weighted by Crippen LogP contribution is -2.42. The van der Waals surface area contributed by atoms with Crippen LogP contribution >= 0.6 is 0 Å². The minimum absolute atomic E-state index is 0.127. The van der Waals surface area contributed by atoms with Crippen LogP contribution in [-0.2, 0) is 9.59 Å². The van der Waals surface area contributed by atoms with E-state index in [9.17, 15) is 14.4 Å². The van der Waals surface area contributed by atoms with Crippen LogP contribution in [0.2, 0.25) is 0 Å². The van der Waals surface area contributed by atoms with Gasteiger partial charge in [-0.05, 0) is 37.0 Å². The number of likely N-dealkylation sites (tertiary alicyclic amines) is 1. The van der Waals surface area contributed by atoms with E-state index in [0.29, 0.717) is 6.42 Å². The third-order valence-electron chi connectivity index (χ3n) is 4.77. The maximum Gasteiger partial charge on any atom is 0.335 e. The van der Waals surface area contributed by atoms with Gasteiger partial charge in [0.1, 0.15) is 5.75 Å². The molecular weight excluding hydrogens is 322 g/mol. The molecule has 2 fully saturated rings. The summed E-state index contributed by atoms with van der Waals surface area (Å²) in [4.78, 5) is 40.8. The van der Waals surface area contributed by atoms with Crippen molar-refractivity contribution >= 4 is 17.8 Å². The molecular formula is C18H23N3O4. The molecule has 134 valence electrons. The summed E-state index contributed by atoms with van der Waals surface area (Å²) in [5.74, 6) is -0.648. The molecule has 1 aromatic rings. The third-order valence-corrected chi connectivity index (χ3v) is 4.77. The minimum atomic E-state index is -0.723. The van der Waals surface area contributed by atoms with Crippen LogP contribution < -0.4 is 4.74 Å². The van der Waals surface area contributed by atoms with Gasteiger partial charge < -0.3 is 4.74 Å².